The molecule has 0 radical (unpaired) electrons. The van der Waals surface area contributed by atoms with E-state index in [9.17, 15) is 4.79 Å². The molecule has 2 fully saturated rings. The van der Waals surface area contributed by atoms with Crippen LogP contribution in [-0.4, -0.2) is 62.1 Å². The van der Waals surface area contributed by atoms with Gasteiger partial charge in [0.15, 0.2) is 0 Å². The predicted molar refractivity (Wildman–Crippen MR) is 96.0 cm³/mol. The second kappa shape index (κ2) is 7.24. The van der Waals surface area contributed by atoms with E-state index in [-0.39, 0.29) is 0 Å². The fraction of sp³-hybridized carbons (Fsp3) is 0.650. The monoisotopic (exact) mass is 330 g/mol. The van der Waals surface area contributed by atoms with Gasteiger partial charge in [0.2, 0.25) is 5.91 Å². The number of likely N-dealkylation sites (tertiary alicyclic amines) is 1. The summed E-state index contributed by atoms with van der Waals surface area (Å²) >= 11 is 0. The third kappa shape index (κ3) is 3.09. The number of carbonyl (C=O) groups excluding carboxylic acids is 1. The molecule has 2 aliphatic rings. The summed E-state index contributed by atoms with van der Waals surface area (Å²) in [4.78, 5) is 18.0. The van der Waals surface area contributed by atoms with Crippen molar-refractivity contribution >= 4 is 5.91 Å². The average Bonchev–Trinajstić information content (AvgIpc) is 3.07. The van der Waals surface area contributed by atoms with Crippen molar-refractivity contribution in [3.8, 4) is 0 Å². The zero-order valence-electron chi connectivity index (χ0n) is 15.2. The van der Waals surface area contributed by atoms with Gasteiger partial charge in [0.25, 0.3) is 0 Å². The number of carbonyl (C=O) groups is 1. The Morgan fingerprint density at radius 2 is 1.88 bits per heavy atom. The first-order valence-electron chi connectivity index (χ1n) is 9.17. The van der Waals surface area contributed by atoms with Gasteiger partial charge in [0, 0.05) is 32.3 Å². The molecule has 1 amide bonds. The van der Waals surface area contributed by atoms with Crippen molar-refractivity contribution in [2.45, 2.75) is 37.6 Å². The number of benzene rings is 1. The highest BCUT2D eigenvalue weighted by Gasteiger charge is 2.47. The average molecular weight is 330 g/mol. The lowest BCUT2D eigenvalue weighted by Crippen LogP contribution is -2.49. The van der Waals surface area contributed by atoms with E-state index >= 15 is 0 Å². The van der Waals surface area contributed by atoms with Crippen molar-refractivity contribution in [1.82, 2.24) is 9.80 Å². The molecular weight excluding hydrogens is 300 g/mol. The fourth-order valence-corrected chi connectivity index (χ4v) is 4.41. The third-order valence-corrected chi connectivity index (χ3v) is 5.96. The van der Waals surface area contributed by atoms with Crippen LogP contribution in [-0.2, 0) is 14.9 Å². The zero-order chi connectivity index (χ0) is 17.2. The number of hydrogen-bond donors (Lipinski definition) is 0. The van der Waals surface area contributed by atoms with Crippen LogP contribution < -0.4 is 0 Å². The molecule has 2 heterocycles. The highest BCUT2D eigenvalue weighted by molar-refractivity contribution is 5.88. The first kappa shape index (κ1) is 17.4. The molecule has 0 unspecified atom stereocenters. The summed E-state index contributed by atoms with van der Waals surface area (Å²) in [7, 11) is 4.26. The van der Waals surface area contributed by atoms with Crippen molar-refractivity contribution < 1.29 is 9.53 Å². The van der Waals surface area contributed by atoms with Gasteiger partial charge in [-0.25, -0.2) is 0 Å². The minimum Gasteiger partial charge on any atom is -0.381 e. The molecule has 0 aromatic heterocycles. The Kier molecular flexibility index (Phi) is 5.26. The largest absolute Gasteiger partial charge is 0.381 e. The van der Waals surface area contributed by atoms with E-state index in [0.717, 1.165) is 37.9 Å². The van der Waals surface area contributed by atoms with Gasteiger partial charge in [-0.15, -0.1) is 0 Å². The maximum atomic E-state index is 13.6. The predicted octanol–water partition coefficient (Wildman–Crippen LogP) is 2.53. The molecule has 1 aromatic rings. The first-order valence-corrected chi connectivity index (χ1v) is 9.17. The van der Waals surface area contributed by atoms with Crippen LogP contribution in [0.4, 0.5) is 0 Å². The van der Waals surface area contributed by atoms with Crippen LogP contribution in [0, 0.1) is 5.92 Å². The Morgan fingerprint density at radius 3 is 2.42 bits per heavy atom. The Morgan fingerprint density at radius 1 is 1.21 bits per heavy atom. The molecule has 3 rings (SSSR count). The number of rotatable bonds is 4. The van der Waals surface area contributed by atoms with Gasteiger partial charge in [-0.05, 0) is 38.4 Å². The molecular formula is C20H30N2O2. The summed E-state index contributed by atoms with van der Waals surface area (Å²) in [6.45, 7) is 5.30. The summed E-state index contributed by atoms with van der Waals surface area (Å²) in [6, 6.07) is 10.8. The van der Waals surface area contributed by atoms with E-state index < -0.39 is 5.41 Å². The lowest BCUT2D eigenvalue weighted by molar-refractivity contribution is -0.140. The molecule has 0 N–H and O–H groups in total. The maximum Gasteiger partial charge on any atom is 0.233 e. The molecule has 0 aliphatic carbocycles. The molecule has 4 heteroatoms. The Bertz CT molecular complexity index is 552. The Hall–Kier alpha value is -1.39. The normalized spacial score (nSPS) is 26.8. The molecule has 4 nitrogen and oxygen atoms in total. The van der Waals surface area contributed by atoms with Crippen LogP contribution in [0.2, 0.25) is 0 Å². The lowest BCUT2D eigenvalue weighted by Gasteiger charge is -2.39. The van der Waals surface area contributed by atoms with Gasteiger partial charge in [-0.1, -0.05) is 43.7 Å². The molecule has 0 spiro atoms. The number of hydrogen-bond acceptors (Lipinski definition) is 3. The minimum absolute atomic E-state index is 0.305. The Labute approximate surface area is 145 Å². The van der Waals surface area contributed by atoms with E-state index in [0.29, 0.717) is 31.1 Å². The molecule has 1 aromatic carbocycles. The van der Waals surface area contributed by atoms with Crippen LogP contribution in [0.15, 0.2) is 30.3 Å². The highest BCUT2D eigenvalue weighted by Crippen LogP contribution is 2.38. The van der Waals surface area contributed by atoms with Crippen LogP contribution in [0.25, 0.3) is 0 Å². The summed E-state index contributed by atoms with van der Waals surface area (Å²) in [5.41, 5.74) is 0.749. The van der Waals surface area contributed by atoms with Gasteiger partial charge in [-0.3, -0.25) is 4.79 Å². The van der Waals surface area contributed by atoms with E-state index in [1.165, 1.54) is 0 Å². The summed E-state index contributed by atoms with van der Waals surface area (Å²) < 4.78 is 5.58. The maximum absolute atomic E-state index is 13.6. The van der Waals surface area contributed by atoms with E-state index in [1.807, 2.05) is 18.2 Å². The van der Waals surface area contributed by atoms with Crippen LogP contribution in [0.5, 0.6) is 0 Å². The minimum atomic E-state index is -0.404. The highest BCUT2D eigenvalue weighted by atomic mass is 16.5. The molecule has 24 heavy (non-hydrogen) atoms. The molecule has 132 valence electrons. The molecule has 2 atom stereocenters. The second-order valence-corrected chi connectivity index (χ2v) is 7.47. The number of nitrogens with zero attached hydrogens (tertiary/aromatic N) is 2. The van der Waals surface area contributed by atoms with Crippen molar-refractivity contribution in [2.24, 2.45) is 5.92 Å². The first-order chi connectivity index (χ1) is 11.6. The van der Waals surface area contributed by atoms with Gasteiger partial charge in [0.1, 0.15) is 0 Å². The molecule has 2 saturated heterocycles. The Balaban J connectivity index is 1.88. The van der Waals surface area contributed by atoms with E-state index in [1.54, 1.807) is 0 Å². The zero-order valence-corrected chi connectivity index (χ0v) is 15.2. The second-order valence-electron chi connectivity index (χ2n) is 7.47. The van der Waals surface area contributed by atoms with Crippen molar-refractivity contribution in [3.63, 3.8) is 0 Å². The topological polar surface area (TPSA) is 32.8 Å². The fourth-order valence-electron chi connectivity index (χ4n) is 4.41. The van der Waals surface area contributed by atoms with Crippen LogP contribution >= 0.6 is 0 Å². The summed E-state index contributed by atoms with van der Waals surface area (Å²) in [6.07, 6.45) is 2.69. The molecule has 2 aliphatic heterocycles. The number of amides is 1. The van der Waals surface area contributed by atoms with Gasteiger partial charge >= 0.3 is 0 Å². The van der Waals surface area contributed by atoms with E-state index in [4.69, 9.17) is 4.74 Å². The van der Waals surface area contributed by atoms with Crippen LogP contribution in [0.3, 0.4) is 0 Å². The standard InChI is InChI=1S/C20H30N2O2/c1-4-16-14-22(15-18(16)21(2)3)19(23)20(10-12-24-13-11-20)17-8-6-5-7-9-17/h5-9,16,18H,4,10-15H2,1-3H3/t16-,18-/m0/s1. The van der Waals surface area contributed by atoms with Gasteiger partial charge in [-0.2, -0.15) is 0 Å². The number of ether oxygens (including phenoxy) is 1. The van der Waals surface area contributed by atoms with Crippen molar-refractivity contribution in [2.75, 3.05) is 40.4 Å². The smallest absolute Gasteiger partial charge is 0.233 e. The molecule has 0 saturated carbocycles. The summed E-state index contributed by atoms with van der Waals surface area (Å²) in [5.74, 6) is 0.872. The van der Waals surface area contributed by atoms with Crippen LogP contribution in [0.1, 0.15) is 31.7 Å². The summed E-state index contributed by atoms with van der Waals surface area (Å²) in [5, 5.41) is 0. The van der Waals surface area contributed by atoms with Crippen molar-refractivity contribution in [3.05, 3.63) is 35.9 Å². The quantitative estimate of drug-likeness (QED) is 0.850. The molecule has 0 bridgehead atoms. The van der Waals surface area contributed by atoms with Crippen molar-refractivity contribution in [1.29, 1.82) is 0 Å². The van der Waals surface area contributed by atoms with E-state index in [2.05, 4.69) is 43.0 Å². The SMILES string of the molecule is CC[C@H]1CN(C(=O)C2(c3ccccc3)CCOCC2)C[C@@H]1N(C)C. The lowest BCUT2D eigenvalue weighted by atomic mass is 9.73. The third-order valence-electron chi connectivity index (χ3n) is 5.96. The van der Waals surface area contributed by atoms with Gasteiger partial charge < -0.3 is 14.5 Å². The van der Waals surface area contributed by atoms with Gasteiger partial charge in [0.05, 0.1) is 5.41 Å². The number of likely N-dealkylation sites (N-methyl/N-ethyl adjacent to an activating group) is 1.